The van der Waals surface area contributed by atoms with E-state index in [1.807, 2.05) is 0 Å². The van der Waals surface area contributed by atoms with Crippen LogP contribution in [0.2, 0.25) is 0 Å². The first-order valence-corrected chi connectivity index (χ1v) is 5.30. The van der Waals surface area contributed by atoms with Gasteiger partial charge in [0.25, 0.3) is 0 Å². The average molecular weight is 164 g/mol. The minimum atomic E-state index is 1.27. The van der Waals surface area contributed by atoms with Crippen molar-refractivity contribution in [3.8, 4) is 0 Å². The Balaban J connectivity index is 2.19. The van der Waals surface area contributed by atoms with Gasteiger partial charge in [0.15, 0.2) is 0 Å². The van der Waals surface area contributed by atoms with Crippen LogP contribution in [0.4, 0.5) is 0 Å². The topological polar surface area (TPSA) is 0 Å². The zero-order valence-electron chi connectivity index (χ0n) is 7.97. The molecule has 0 aromatic carbocycles. The molecule has 0 N–H and O–H groups in total. The number of rotatable bonds is 0. The molecule has 12 heavy (non-hydrogen) atoms. The van der Waals surface area contributed by atoms with Gasteiger partial charge in [0.2, 0.25) is 0 Å². The van der Waals surface area contributed by atoms with Crippen molar-refractivity contribution < 1.29 is 0 Å². The first-order chi connectivity index (χ1) is 6.00. The van der Waals surface area contributed by atoms with Gasteiger partial charge in [0.1, 0.15) is 0 Å². The van der Waals surface area contributed by atoms with Crippen LogP contribution in [-0.2, 0) is 0 Å². The Labute approximate surface area is 76.4 Å². The summed E-state index contributed by atoms with van der Waals surface area (Å²) in [4.78, 5) is 0. The van der Waals surface area contributed by atoms with E-state index < -0.39 is 0 Å². The lowest BCUT2D eigenvalue weighted by Crippen LogP contribution is -1.77. The standard InChI is InChI=1S/C12H20/c1-2-4-6-8-10-12-11-9-7-5-3-1/h1-2,9,11H,3-8,10,12H2. The fraction of sp³-hybridized carbons (Fsp3) is 0.667. The predicted molar refractivity (Wildman–Crippen MR) is 55.2 cm³/mol. The quantitative estimate of drug-likeness (QED) is 0.470. The molecule has 0 aromatic heterocycles. The summed E-state index contributed by atoms with van der Waals surface area (Å²) < 4.78 is 0. The molecule has 0 heteroatoms. The molecule has 68 valence electrons. The molecular weight excluding hydrogens is 144 g/mol. The normalized spacial score (nSPS) is 21.3. The summed E-state index contributed by atoms with van der Waals surface area (Å²) in [5.74, 6) is 0. The van der Waals surface area contributed by atoms with E-state index in [2.05, 4.69) is 24.3 Å². The fourth-order valence-electron chi connectivity index (χ4n) is 1.53. The summed E-state index contributed by atoms with van der Waals surface area (Å²) in [6.07, 6.45) is 20.0. The Hall–Kier alpha value is -0.520. The molecule has 0 spiro atoms. The van der Waals surface area contributed by atoms with Crippen LogP contribution in [0.15, 0.2) is 24.3 Å². The second-order valence-electron chi connectivity index (χ2n) is 3.51. The number of hydrogen-bond donors (Lipinski definition) is 0. The maximum Gasteiger partial charge on any atom is -0.0348 e. The Morgan fingerprint density at radius 2 is 0.833 bits per heavy atom. The van der Waals surface area contributed by atoms with E-state index in [0.717, 1.165) is 0 Å². The molecule has 0 saturated heterocycles. The Bertz CT molecular complexity index is 126. The van der Waals surface area contributed by atoms with Crippen LogP contribution in [0.25, 0.3) is 0 Å². The number of allylic oxidation sites excluding steroid dienone is 4. The molecule has 1 rings (SSSR count). The highest BCUT2D eigenvalue weighted by atomic mass is 13.9. The third-order valence-corrected chi connectivity index (χ3v) is 2.32. The summed E-state index contributed by atoms with van der Waals surface area (Å²) in [5.41, 5.74) is 0. The lowest BCUT2D eigenvalue weighted by molar-refractivity contribution is 0.691. The third-order valence-electron chi connectivity index (χ3n) is 2.32. The SMILES string of the molecule is C1=CCCCCCC=CCCC1. The first kappa shape index (κ1) is 9.57. The van der Waals surface area contributed by atoms with E-state index in [-0.39, 0.29) is 0 Å². The van der Waals surface area contributed by atoms with Crippen molar-refractivity contribution in [2.45, 2.75) is 51.4 Å². The van der Waals surface area contributed by atoms with Gasteiger partial charge in [-0.3, -0.25) is 0 Å². The zero-order valence-corrected chi connectivity index (χ0v) is 7.97. The second-order valence-corrected chi connectivity index (χ2v) is 3.51. The van der Waals surface area contributed by atoms with Gasteiger partial charge in [-0.2, -0.15) is 0 Å². The molecule has 0 nitrogen and oxygen atoms in total. The summed E-state index contributed by atoms with van der Waals surface area (Å²) in [6, 6.07) is 0. The molecule has 0 fully saturated rings. The smallest absolute Gasteiger partial charge is 0.0348 e. The van der Waals surface area contributed by atoms with Crippen molar-refractivity contribution >= 4 is 0 Å². The maximum atomic E-state index is 2.35. The van der Waals surface area contributed by atoms with Gasteiger partial charge in [-0.05, 0) is 44.9 Å². The Morgan fingerprint density at radius 1 is 0.417 bits per heavy atom. The van der Waals surface area contributed by atoms with Crippen molar-refractivity contribution in [1.29, 1.82) is 0 Å². The van der Waals surface area contributed by atoms with E-state index in [0.29, 0.717) is 0 Å². The van der Waals surface area contributed by atoms with E-state index in [4.69, 9.17) is 0 Å². The van der Waals surface area contributed by atoms with Crippen molar-refractivity contribution in [2.75, 3.05) is 0 Å². The highest BCUT2D eigenvalue weighted by Crippen LogP contribution is 2.08. The molecular formula is C12H20. The first-order valence-electron chi connectivity index (χ1n) is 5.30. The van der Waals surface area contributed by atoms with E-state index in [1.165, 1.54) is 51.4 Å². The molecule has 0 aromatic rings. The Kier molecular flexibility index (Phi) is 5.70. The molecule has 0 saturated carbocycles. The minimum Gasteiger partial charge on any atom is -0.0885 e. The lowest BCUT2D eigenvalue weighted by Gasteiger charge is -1.97. The van der Waals surface area contributed by atoms with Gasteiger partial charge in [-0.25, -0.2) is 0 Å². The van der Waals surface area contributed by atoms with Gasteiger partial charge >= 0.3 is 0 Å². The largest absolute Gasteiger partial charge is 0.0885 e. The molecule has 0 amide bonds. The highest BCUT2D eigenvalue weighted by Gasteiger charge is 1.88. The van der Waals surface area contributed by atoms with Crippen molar-refractivity contribution in [1.82, 2.24) is 0 Å². The van der Waals surface area contributed by atoms with Crippen molar-refractivity contribution in [3.63, 3.8) is 0 Å². The van der Waals surface area contributed by atoms with Crippen molar-refractivity contribution in [3.05, 3.63) is 24.3 Å². The van der Waals surface area contributed by atoms with E-state index >= 15 is 0 Å². The summed E-state index contributed by atoms with van der Waals surface area (Å²) >= 11 is 0. The van der Waals surface area contributed by atoms with E-state index in [9.17, 15) is 0 Å². The molecule has 0 unspecified atom stereocenters. The average Bonchev–Trinajstić information content (AvgIpc) is 2.05. The molecule has 0 bridgehead atoms. The molecule has 1 aliphatic carbocycles. The monoisotopic (exact) mass is 164 g/mol. The van der Waals surface area contributed by atoms with Gasteiger partial charge < -0.3 is 0 Å². The minimum absolute atomic E-state index is 1.27. The van der Waals surface area contributed by atoms with Crippen LogP contribution < -0.4 is 0 Å². The number of hydrogen-bond acceptors (Lipinski definition) is 0. The third kappa shape index (κ3) is 5.17. The van der Waals surface area contributed by atoms with Gasteiger partial charge in [0.05, 0.1) is 0 Å². The molecule has 1 aliphatic rings. The molecule has 0 atom stereocenters. The second kappa shape index (κ2) is 7.15. The lowest BCUT2D eigenvalue weighted by atomic mass is 10.1. The van der Waals surface area contributed by atoms with E-state index in [1.54, 1.807) is 0 Å². The summed E-state index contributed by atoms with van der Waals surface area (Å²) in [7, 11) is 0. The maximum absolute atomic E-state index is 2.35. The van der Waals surface area contributed by atoms with Crippen LogP contribution in [-0.4, -0.2) is 0 Å². The molecule has 0 radical (unpaired) electrons. The van der Waals surface area contributed by atoms with Crippen molar-refractivity contribution in [2.24, 2.45) is 0 Å². The predicted octanol–water partition coefficient (Wildman–Crippen LogP) is 4.23. The van der Waals surface area contributed by atoms with Gasteiger partial charge in [-0.15, -0.1) is 0 Å². The molecule has 0 aliphatic heterocycles. The van der Waals surface area contributed by atoms with Gasteiger partial charge in [-0.1, -0.05) is 30.7 Å². The van der Waals surface area contributed by atoms with Crippen LogP contribution in [0, 0.1) is 0 Å². The summed E-state index contributed by atoms with van der Waals surface area (Å²) in [5, 5.41) is 0. The fourth-order valence-corrected chi connectivity index (χ4v) is 1.53. The zero-order chi connectivity index (χ0) is 8.49. The van der Waals surface area contributed by atoms with Crippen LogP contribution in [0.5, 0.6) is 0 Å². The van der Waals surface area contributed by atoms with Crippen LogP contribution in [0.1, 0.15) is 51.4 Å². The van der Waals surface area contributed by atoms with Crippen LogP contribution in [0.3, 0.4) is 0 Å². The Morgan fingerprint density at radius 3 is 1.33 bits per heavy atom. The summed E-state index contributed by atoms with van der Waals surface area (Å²) in [6.45, 7) is 0. The molecule has 0 heterocycles. The highest BCUT2D eigenvalue weighted by molar-refractivity contribution is 4.86. The van der Waals surface area contributed by atoms with Gasteiger partial charge in [0, 0.05) is 0 Å². The van der Waals surface area contributed by atoms with Crippen LogP contribution >= 0.6 is 0 Å².